The van der Waals surface area contributed by atoms with E-state index in [2.05, 4.69) is 39.2 Å². The van der Waals surface area contributed by atoms with Crippen LogP contribution in [-0.2, 0) is 4.79 Å². The molecule has 3 N–H and O–H groups in total. The maximum Gasteiger partial charge on any atom is 0.228 e. The van der Waals surface area contributed by atoms with Crippen molar-refractivity contribution in [1.29, 1.82) is 0 Å². The molecule has 146 valence electrons. The molecule has 7 nitrogen and oxygen atoms in total. The Hall–Kier alpha value is -3.09. The lowest BCUT2D eigenvalue weighted by atomic mass is 9.96. The Morgan fingerprint density at radius 3 is 2.75 bits per heavy atom. The molecule has 3 aromatic rings. The van der Waals surface area contributed by atoms with Crippen LogP contribution in [0.2, 0.25) is 0 Å². The first-order valence-corrected chi connectivity index (χ1v) is 9.71. The minimum atomic E-state index is -0.0377. The van der Waals surface area contributed by atoms with E-state index >= 15 is 0 Å². The van der Waals surface area contributed by atoms with E-state index in [1.54, 1.807) is 6.07 Å². The van der Waals surface area contributed by atoms with Crippen LogP contribution in [0.4, 0.5) is 11.6 Å². The molecule has 1 saturated heterocycles. The van der Waals surface area contributed by atoms with Gasteiger partial charge in [0.05, 0.1) is 0 Å². The van der Waals surface area contributed by atoms with Crippen LogP contribution in [0.25, 0.3) is 10.9 Å². The summed E-state index contributed by atoms with van der Waals surface area (Å²) in [5.41, 5.74) is 1.62. The topological polar surface area (TPSA) is 94.1 Å². The average molecular weight is 379 g/mol. The molecule has 1 aromatic carbocycles. The Morgan fingerprint density at radius 2 is 2.04 bits per heavy atom. The Labute approximate surface area is 163 Å². The predicted molar refractivity (Wildman–Crippen MR) is 110 cm³/mol. The molecule has 0 bridgehead atoms. The van der Waals surface area contributed by atoms with Crippen LogP contribution < -0.4 is 10.2 Å². The van der Waals surface area contributed by atoms with E-state index in [9.17, 15) is 9.90 Å². The molecule has 0 saturated carbocycles. The Kier molecular flexibility index (Phi) is 4.90. The van der Waals surface area contributed by atoms with Crippen molar-refractivity contribution in [1.82, 2.24) is 15.2 Å². The summed E-state index contributed by atoms with van der Waals surface area (Å²) < 4.78 is 0. The largest absolute Gasteiger partial charge is 0.506 e. The first kappa shape index (κ1) is 18.3. The number of hydrogen-bond acceptors (Lipinski definition) is 5. The van der Waals surface area contributed by atoms with Gasteiger partial charge >= 0.3 is 0 Å². The number of rotatable bonds is 4. The van der Waals surface area contributed by atoms with Gasteiger partial charge in [0, 0.05) is 36.2 Å². The second-order valence-corrected chi connectivity index (χ2v) is 7.63. The number of nitrogens with one attached hydrogen (secondary N) is 2. The molecule has 7 heteroatoms. The lowest BCUT2D eigenvalue weighted by molar-refractivity contribution is -0.120. The fraction of sp³-hybridized carbons (Fsp3) is 0.381. The van der Waals surface area contributed by atoms with E-state index in [-0.39, 0.29) is 17.6 Å². The van der Waals surface area contributed by atoms with Crippen molar-refractivity contribution >= 4 is 28.4 Å². The summed E-state index contributed by atoms with van der Waals surface area (Å²) in [5, 5.41) is 21.0. The standard InChI is InChI=1S/C21H25N5O2/c1-13(2)16-12-18(25-24-16)22-21(28)15-8-10-26(11-9-15)19-7-6-14-4-3-5-17(27)20(14)23-19/h3-7,12-13,15,27H,8-11H2,1-2H3,(H2,22,24,25,28). The molecule has 0 radical (unpaired) electrons. The van der Waals surface area contributed by atoms with Gasteiger partial charge in [-0.15, -0.1) is 0 Å². The van der Waals surface area contributed by atoms with Crippen molar-refractivity contribution in [2.45, 2.75) is 32.6 Å². The molecule has 28 heavy (non-hydrogen) atoms. The van der Waals surface area contributed by atoms with Gasteiger partial charge in [0.2, 0.25) is 5.91 Å². The molecule has 1 aliphatic heterocycles. The number of phenolic OH excluding ortho intramolecular Hbond substituents is 1. The fourth-order valence-corrected chi connectivity index (χ4v) is 3.59. The smallest absolute Gasteiger partial charge is 0.228 e. The van der Waals surface area contributed by atoms with Crippen molar-refractivity contribution in [3.8, 4) is 5.75 Å². The normalized spacial score (nSPS) is 15.3. The average Bonchev–Trinajstić information content (AvgIpc) is 3.17. The SMILES string of the molecule is CC(C)c1cc(NC(=O)C2CCN(c3ccc4cccc(O)c4n3)CC2)n[nH]1. The third-order valence-electron chi connectivity index (χ3n) is 5.34. The molecule has 0 unspecified atom stereocenters. The van der Waals surface area contributed by atoms with Crippen LogP contribution in [0.15, 0.2) is 36.4 Å². The monoisotopic (exact) mass is 379 g/mol. The van der Waals surface area contributed by atoms with Crippen LogP contribution in [0.1, 0.15) is 38.3 Å². The summed E-state index contributed by atoms with van der Waals surface area (Å²) >= 11 is 0. The third-order valence-corrected chi connectivity index (χ3v) is 5.34. The maximum absolute atomic E-state index is 12.6. The van der Waals surface area contributed by atoms with E-state index in [0.717, 1.165) is 42.8 Å². The van der Waals surface area contributed by atoms with Gasteiger partial charge in [-0.25, -0.2) is 4.98 Å². The highest BCUT2D eigenvalue weighted by atomic mass is 16.3. The van der Waals surface area contributed by atoms with Crippen molar-refractivity contribution < 1.29 is 9.90 Å². The van der Waals surface area contributed by atoms with Crippen molar-refractivity contribution in [3.05, 3.63) is 42.1 Å². The van der Waals surface area contributed by atoms with E-state index in [0.29, 0.717) is 17.3 Å². The highest BCUT2D eigenvalue weighted by molar-refractivity contribution is 5.92. The van der Waals surface area contributed by atoms with E-state index in [1.165, 1.54) is 0 Å². The molecule has 1 aliphatic rings. The lowest BCUT2D eigenvalue weighted by Crippen LogP contribution is -2.38. The Balaban J connectivity index is 1.38. The number of amides is 1. The number of benzene rings is 1. The summed E-state index contributed by atoms with van der Waals surface area (Å²) in [5.74, 6) is 1.93. The molecule has 3 heterocycles. The molecule has 1 amide bonds. The number of pyridine rings is 1. The zero-order valence-corrected chi connectivity index (χ0v) is 16.1. The molecule has 1 fully saturated rings. The van der Waals surface area contributed by atoms with Gasteiger partial charge in [0.1, 0.15) is 17.1 Å². The Bertz CT molecular complexity index is 989. The Morgan fingerprint density at radius 1 is 1.25 bits per heavy atom. The molecule has 4 rings (SSSR count). The van der Waals surface area contributed by atoms with Crippen molar-refractivity contribution in [3.63, 3.8) is 0 Å². The summed E-state index contributed by atoms with van der Waals surface area (Å²) in [6.45, 7) is 5.66. The zero-order chi connectivity index (χ0) is 19.7. The number of anilines is 2. The van der Waals surface area contributed by atoms with Gasteiger partial charge in [-0.3, -0.25) is 9.89 Å². The number of phenols is 1. The second-order valence-electron chi connectivity index (χ2n) is 7.63. The highest BCUT2D eigenvalue weighted by Crippen LogP contribution is 2.28. The number of hydrogen-bond donors (Lipinski definition) is 3. The predicted octanol–water partition coefficient (Wildman–Crippen LogP) is 3.64. The molecular formula is C21H25N5O2. The number of H-pyrrole nitrogens is 1. The number of nitrogens with zero attached hydrogens (tertiary/aromatic N) is 3. The van der Waals surface area contributed by atoms with E-state index in [1.807, 2.05) is 30.3 Å². The van der Waals surface area contributed by atoms with Gasteiger partial charge in [0.25, 0.3) is 0 Å². The number of aromatic nitrogens is 3. The van der Waals surface area contributed by atoms with Crippen molar-refractivity contribution in [2.24, 2.45) is 5.92 Å². The van der Waals surface area contributed by atoms with Crippen LogP contribution in [0, 0.1) is 5.92 Å². The number of piperidine rings is 1. The van der Waals surface area contributed by atoms with Gasteiger partial charge in [-0.2, -0.15) is 5.10 Å². The molecule has 0 atom stereocenters. The first-order chi connectivity index (χ1) is 13.5. The summed E-state index contributed by atoms with van der Waals surface area (Å²) in [6.07, 6.45) is 1.52. The number of aromatic amines is 1. The van der Waals surface area contributed by atoms with Gasteiger partial charge < -0.3 is 15.3 Å². The molecular weight excluding hydrogens is 354 g/mol. The summed E-state index contributed by atoms with van der Waals surface area (Å²) in [7, 11) is 0. The van der Waals surface area contributed by atoms with Crippen LogP contribution in [0.3, 0.4) is 0 Å². The first-order valence-electron chi connectivity index (χ1n) is 9.71. The summed E-state index contributed by atoms with van der Waals surface area (Å²) in [6, 6.07) is 11.2. The van der Waals surface area contributed by atoms with Crippen molar-refractivity contribution in [2.75, 3.05) is 23.3 Å². The quantitative estimate of drug-likeness (QED) is 0.643. The number of fused-ring (bicyclic) bond motifs is 1. The molecule has 0 aliphatic carbocycles. The van der Waals surface area contributed by atoms with E-state index < -0.39 is 0 Å². The molecule has 2 aromatic heterocycles. The maximum atomic E-state index is 12.6. The van der Waals surface area contributed by atoms with E-state index in [4.69, 9.17) is 0 Å². The van der Waals surface area contributed by atoms with Crippen LogP contribution in [-0.4, -0.2) is 39.3 Å². The van der Waals surface area contributed by atoms with Crippen LogP contribution >= 0.6 is 0 Å². The number of carbonyl (C=O) groups is 1. The third kappa shape index (κ3) is 3.65. The molecule has 0 spiro atoms. The number of carbonyl (C=O) groups excluding carboxylic acids is 1. The summed E-state index contributed by atoms with van der Waals surface area (Å²) in [4.78, 5) is 19.4. The minimum Gasteiger partial charge on any atom is -0.506 e. The van der Waals surface area contributed by atoms with Crippen LogP contribution in [0.5, 0.6) is 5.75 Å². The van der Waals surface area contributed by atoms with Gasteiger partial charge in [0.15, 0.2) is 5.82 Å². The number of para-hydroxylation sites is 1. The minimum absolute atomic E-state index is 0.0190. The number of aromatic hydroxyl groups is 1. The highest BCUT2D eigenvalue weighted by Gasteiger charge is 2.26. The van der Waals surface area contributed by atoms with Gasteiger partial charge in [-0.05, 0) is 37.0 Å². The lowest BCUT2D eigenvalue weighted by Gasteiger charge is -2.32. The van der Waals surface area contributed by atoms with Gasteiger partial charge in [-0.1, -0.05) is 26.0 Å². The second kappa shape index (κ2) is 7.50. The fourth-order valence-electron chi connectivity index (χ4n) is 3.59. The zero-order valence-electron chi connectivity index (χ0n) is 16.1.